The van der Waals surface area contributed by atoms with Gasteiger partial charge in [-0.05, 0) is 50.3 Å². The minimum atomic E-state index is -0.458. The molecule has 2 fully saturated rings. The van der Waals surface area contributed by atoms with Crippen molar-refractivity contribution in [1.82, 2.24) is 9.80 Å². The monoisotopic (exact) mass is 400 g/mol. The van der Waals surface area contributed by atoms with E-state index in [-0.39, 0.29) is 11.8 Å². The molecule has 2 heterocycles. The number of nitrogens with zero attached hydrogens (tertiary/aromatic N) is 2. The molecule has 0 aromatic heterocycles. The Labute approximate surface area is 170 Å². The van der Waals surface area contributed by atoms with E-state index in [1.807, 2.05) is 6.92 Å². The predicted molar refractivity (Wildman–Crippen MR) is 110 cm³/mol. The lowest BCUT2D eigenvalue weighted by molar-refractivity contribution is -0.128. The number of likely N-dealkylation sites (tertiary alicyclic amines) is 2. The highest BCUT2D eigenvalue weighted by Crippen LogP contribution is 2.22. The van der Waals surface area contributed by atoms with Gasteiger partial charge in [0.2, 0.25) is 11.8 Å². The molecule has 0 aliphatic carbocycles. The van der Waals surface area contributed by atoms with Crippen molar-refractivity contribution in [3.8, 4) is 0 Å². The third kappa shape index (κ3) is 5.34. The van der Waals surface area contributed by atoms with Crippen LogP contribution in [-0.2, 0) is 9.59 Å². The Hall–Kier alpha value is -2.90. The normalized spacial score (nSPS) is 18.1. The van der Waals surface area contributed by atoms with Crippen LogP contribution in [0.2, 0.25) is 0 Å². The number of urea groups is 2. The van der Waals surface area contributed by atoms with Crippen molar-refractivity contribution in [2.75, 3.05) is 23.7 Å². The van der Waals surface area contributed by atoms with Crippen molar-refractivity contribution >= 4 is 35.3 Å². The largest absolute Gasteiger partial charge is 0.328 e. The number of hydrogen-bond acceptors (Lipinski definition) is 4. The summed E-state index contributed by atoms with van der Waals surface area (Å²) < 4.78 is 0. The zero-order chi connectivity index (χ0) is 20.8. The highest BCUT2D eigenvalue weighted by Gasteiger charge is 2.25. The third-order valence-electron chi connectivity index (χ3n) is 5.37. The van der Waals surface area contributed by atoms with Crippen LogP contribution < -0.4 is 10.6 Å². The lowest BCUT2D eigenvalue weighted by Gasteiger charge is -2.21. The van der Waals surface area contributed by atoms with Crippen LogP contribution in [-0.4, -0.2) is 46.8 Å². The number of imide groups is 2. The van der Waals surface area contributed by atoms with Gasteiger partial charge in [0.1, 0.15) is 0 Å². The molecule has 0 saturated carbocycles. The number of carbonyl (C=O) groups excluding carboxylic acids is 4. The molecule has 0 unspecified atom stereocenters. The lowest BCUT2D eigenvalue weighted by atomic mass is 10.2. The van der Waals surface area contributed by atoms with Gasteiger partial charge >= 0.3 is 12.1 Å². The summed E-state index contributed by atoms with van der Waals surface area (Å²) in [5.41, 5.74) is 1.81. The van der Waals surface area contributed by atoms with E-state index < -0.39 is 12.1 Å². The van der Waals surface area contributed by atoms with Gasteiger partial charge in [-0.25, -0.2) is 9.59 Å². The maximum absolute atomic E-state index is 12.6. The Morgan fingerprint density at radius 3 is 1.93 bits per heavy atom. The van der Waals surface area contributed by atoms with Gasteiger partial charge in [-0.15, -0.1) is 0 Å². The number of rotatable bonds is 2. The SMILES string of the molecule is Cc1ccc(NC(=O)N2CCCCCC2=O)cc1NC(=O)N1CCCCCC1=O. The van der Waals surface area contributed by atoms with E-state index in [4.69, 9.17) is 0 Å². The van der Waals surface area contributed by atoms with Crippen LogP contribution in [0.1, 0.15) is 56.9 Å². The molecule has 2 aliphatic heterocycles. The summed E-state index contributed by atoms with van der Waals surface area (Å²) in [4.78, 5) is 51.9. The first kappa shape index (κ1) is 20.8. The minimum Gasteiger partial charge on any atom is -0.307 e. The molecule has 156 valence electrons. The van der Waals surface area contributed by atoms with Crippen LogP contribution in [0.5, 0.6) is 0 Å². The summed E-state index contributed by atoms with van der Waals surface area (Å²) in [7, 11) is 0. The number of benzene rings is 1. The van der Waals surface area contributed by atoms with E-state index in [2.05, 4.69) is 10.6 Å². The Kier molecular flexibility index (Phi) is 6.85. The molecule has 1 aromatic carbocycles. The summed E-state index contributed by atoms with van der Waals surface area (Å²) in [6.45, 7) is 2.66. The fourth-order valence-corrected chi connectivity index (χ4v) is 3.60. The van der Waals surface area contributed by atoms with Crippen LogP contribution in [0.4, 0.5) is 21.0 Å². The molecule has 0 spiro atoms. The molecule has 8 heteroatoms. The highest BCUT2D eigenvalue weighted by atomic mass is 16.2. The van der Waals surface area contributed by atoms with Gasteiger partial charge in [-0.1, -0.05) is 18.9 Å². The van der Waals surface area contributed by atoms with Gasteiger partial charge < -0.3 is 10.6 Å². The third-order valence-corrected chi connectivity index (χ3v) is 5.37. The van der Waals surface area contributed by atoms with E-state index in [1.54, 1.807) is 18.2 Å². The standard InChI is InChI=1S/C21H28N4O4/c1-15-10-11-16(22-20(28)24-12-6-2-4-8-18(24)26)14-17(15)23-21(29)25-13-7-3-5-9-19(25)27/h10-11,14H,2-9,12-13H2,1H3,(H,22,28)(H,23,29). The van der Waals surface area contributed by atoms with Crippen LogP contribution in [0.3, 0.4) is 0 Å². The van der Waals surface area contributed by atoms with Gasteiger partial charge in [0.05, 0.1) is 0 Å². The first-order chi connectivity index (χ1) is 14.0. The van der Waals surface area contributed by atoms with Gasteiger partial charge in [0.15, 0.2) is 0 Å². The van der Waals surface area contributed by atoms with E-state index in [0.29, 0.717) is 37.3 Å². The summed E-state index contributed by atoms with van der Waals surface area (Å²) in [6.07, 6.45) is 5.85. The fourth-order valence-electron chi connectivity index (χ4n) is 3.60. The number of aryl methyl sites for hydroxylation is 1. The Morgan fingerprint density at radius 1 is 0.793 bits per heavy atom. The molecule has 0 radical (unpaired) electrons. The topological polar surface area (TPSA) is 98.8 Å². The molecule has 2 saturated heterocycles. The van der Waals surface area contributed by atoms with Crippen molar-refractivity contribution < 1.29 is 19.2 Å². The van der Waals surface area contributed by atoms with Crippen molar-refractivity contribution in [2.24, 2.45) is 0 Å². The molecule has 3 rings (SSSR count). The zero-order valence-electron chi connectivity index (χ0n) is 16.8. The first-order valence-electron chi connectivity index (χ1n) is 10.3. The second kappa shape index (κ2) is 9.54. The Morgan fingerprint density at radius 2 is 1.34 bits per heavy atom. The number of amides is 6. The number of carbonyl (C=O) groups is 4. The first-order valence-corrected chi connectivity index (χ1v) is 10.3. The fraction of sp³-hybridized carbons (Fsp3) is 0.524. The van der Waals surface area contributed by atoms with Crippen molar-refractivity contribution in [3.63, 3.8) is 0 Å². The van der Waals surface area contributed by atoms with Gasteiger partial charge in [-0.2, -0.15) is 0 Å². The van der Waals surface area contributed by atoms with Crippen LogP contribution in [0.25, 0.3) is 0 Å². The Balaban J connectivity index is 1.69. The average Bonchev–Trinajstić information content (AvgIpc) is 3.04. The number of nitrogens with one attached hydrogen (secondary N) is 2. The molecule has 29 heavy (non-hydrogen) atoms. The number of anilines is 2. The quantitative estimate of drug-likeness (QED) is 0.787. The molecular formula is C21H28N4O4. The van der Waals surface area contributed by atoms with E-state index >= 15 is 0 Å². The molecule has 0 bridgehead atoms. The second-order valence-corrected chi connectivity index (χ2v) is 7.60. The average molecular weight is 400 g/mol. The Bertz CT molecular complexity index is 808. The van der Waals surface area contributed by atoms with Gasteiger partial charge in [0.25, 0.3) is 0 Å². The predicted octanol–water partition coefficient (Wildman–Crippen LogP) is 3.86. The van der Waals surface area contributed by atoms with Crippen LogP contribution in [0, 0.1) is 6.92 Å². The summed E-state index contributed by atoms with van der Waals surface area (Å²) in [6, 6.07) is 4.24. The van der Waals surface area contributed by atoms with Crippen molar-refractivity contribution in [2.45, 2.75) is 58.3 Å². The smallest absolute Gasteiger partial charge is 0.307 e. The van der Waals surface area contributed by atoms with Gasteiger partial charge in [-0.3, -0.25) is 19.4 Å². The maximum atomic E-state index is 12.6. The van der Waals surface area contributed by atoms with E-state index in [0.717, 1.165) is 44.1 Å². The van der Waals surface area contributed by atoms with Gasteiger partial charge in [0, 0.05) is 37.3 Å². The maximum Gasteiger partial charge on any atom is 0.328 e. The van der Waals surface area contributed by atoms with Crippen molar-refractivity contribution in [1.29, 1.82) is 0 Å². The lowest BCUT2D eigenvalue weighted by Crippen LogP contribution is -2.40. The van der Waals surface area contributed by atoms with Crippen molar-refractivity contribution in [3.05, 3.63) is 23.8 Å². The minimum absolute atomic E-state index is 0.165. The van der Waals surface area contributed by atoms with Crippen LogP contribution >= 0.6 is 0 Å². The summed E-state index contributed by atoms with van der Waals surface area (Å²) in [5.74, 6) is -0.331. The van der Waals surface area contributed by atoms with E-state index in [1.165, 1.54) is 9.80 Å². The molecule has 2 N–H and O–H groups in total. The number of hydrogen-bond donors (Lipinski definition) is 2. The molecular weight excluding hydrogens is 372 g/mol. The van der Waals surface area contributed by atoms with E-state index in [9.17, 15) is 19.2 Å². The summed E-state index contributed by atoms with van der Waals surface area (Å²) in [5, 5.41) is 5.53. The molecule has 8 nitrogen and oxygen atoms in total. The van der Waals surface area contributed by atoms with Crippen LogP contribution in [0.15, 0.2) is 18.2 Å². The second-order valence-electron chi connectivity index (χ2n) is 7.60. The highest BCUT2D eigenvalue weighted by molar-refractivity contribution is 6.03. The molecule has 0 atom stereocenters. The zero-order valence-corrected chi connectivity index (χ0v) is 16.8. The molecule has 2 aliphatic rings. The molecule has 6 amide bonds. The summed E-state index contributed by atoms with van der Waals surface area (Å²) >= 11 is 0. The molecule has 1 aromatic rings.